The summed E-state index contributed by atoms with van der Waals surface area (Å²) in [7, 11) is 0. The Bertz CT molecular complexity index is 1360. The minimum Gasteiger partial charge on any atom is -0.329 e. The third kappa shape index (κ3) is 5.04. The van der Waals surface area contributed by atoms with Crippen molar-refractivity contribution >= 4 is 16.8 Å². The van der Waals surface area contributed by atoms with Crippen LogP contribution in [0, 0.1) is 0 Å². The SMILES string of the molecule is CCCCCN(C(=O)c1ccccc1)C(C)c1nc2ccccc2c(=O)n1-c1ccccc1CC. The molecule has 0 saturated carbocycles. The first kappa shape index (κ1) is 24.4. The van der Waals surface area contributed by atoms with Crippen LogP contribution in [-0.2, 0) is 6.42 Å². The number of carbonyl (C=O) groups is 1. The summed E-state index contributed by atoms with van der Waals surface area (Å²) in [6.07, 6.45) is 3.77. The van der Waals surface area contributed by atoms with E-state index in [4.69, 9.17) is 4.98 Å². The van der Waals surface area contributed by atoms with Gasteiger partial charge < -0.3 is 4.90 Å². The Balaban J connectivity index is 1.91. The summed E-state index contributed by atoms with van der Waals surface area (Å²) < 4.78 is 1.72. The average Bonchev–Trinajstić information content (AvgIpc) is 2.91. The van der Waals surface area contributed by atoms with E-state index in [9.17, 15) is 9.59 Å². The highest BCUT2D eigenvalue weighted by Crippen LogP contribution is 2.26. The summed E-state index contributed by atoms with van der Waals surface area (Å²) in [6, 6.07) is 24.3. The Hall–Kier alpha value is -3.73. The Kier molecular flexibility index (Phi) is 7.76. The molecule has 4 aromatic rings. The number of unbranched alkanes of at least 4 members (excludes halogenated alkanes) is 2. The standard InChI is InChI=1S/C30H33N3O2/c1-4-6-14-21-32(29(34)24-16-8-7-9-17-24)22(3)28-31-26-19-12-11-18-25(26)30(35)33(28)27-20-13-10-15-23(27)5-2/h7-13,15-20,22H,4-6,14,21H2,1-3H3. The molecule has 0 aliphatic carbocycles. The lowest BCUT2D eigenvalue weighted by atomic mass is 10.1. The molecule has 1 atom stereocenters. The van der Waals surface area contributed by atoms with Crippen molar-refractivity contribution in [2.45, 2.75) is 52.5 Å². The molecule has 0 bridgehead atoms. The van der Waals surface area contributed by atoms with E-state index < -0.39 is 6.04 Å². The molecule has 1 unspecified atom stereocenters. The van der Waals surface area contributed by atoms with Crippen LogP contribution in [0.25, 0.3) is 16.6 Å². The topological polar surface area (TPSA) is 55.2 Å². The summed E-state index contributed by atoms with van der Waals surface area (Å²) in [4.78, 5) is 34.4. The van der Waals surface area contributed by atoms with Crippen LogP contribution in [0.5, 0.6) is 0 Å². The van der Waals surface area contributed by atoms with Gasteiger partial charge in [-0.15, -0.1) is 0 Å². The molecule has 5 heteroatoms. The second-order valence-corrected chi connectivity index (χ2v) is 8.86. The fourth-order valence-electron chi connectivity index (χ4n) is 4.58. The van der Waals surface area contributed by atoms with Crippen molar-refractivity contribution in [3.63, 3.8) is 0 Å². The van der Waals surface area contributed by atoms with Crippen LogP contribution >= 0.6 is 0 Å². The Labute approximate surface area is 207 Å². The summed E-state index contributed by atoms with van der Waals surface area (Å²) >= 11 is 0. The zero-order valence-electron chi connectivity index (χ0n) is 20.8. The van der Waals surface area contributed by atoms with E-state index in [0.29, 0.717) is 28.8 Å². The number of benzene rings is 3. The first-order valence-electron chi connectivity index (χ1n) is 12.5. The fraction of sp³-hybridized carbons (Fsp3) is 0.300. The lowest BCUT2D eigenvalue weighted by Crippen LogP contribution is -2.38. The monoisotopic (exact) mass is 467 g/mol. The van der Waals surface area contributed by atoms with E-state index >= 15 is 0 Å². The van der Waals surface area contributed by atoms with E-state index in [1.54, 1.807) is 4.57 Å². The molecular weight excluding hydrogens is 434 g/mol. The number of carbonyl (C=O) groups excluding carboxylic acids is 1. The number of rotatable bonds is 9. The maximum atomic E-state index is 13.9. The van der Waals surface area contributed by atoms with Gasteiger partial charge in [0.25, 0.3) is 11.5 Å². The Morgan fingerprint density at radius 2 is 1.60 bits per heavy atom. The molecule has 0 saturated heterocycles. The van der Waals surface area contributed by atoms with Crippen molar-refractivity contribution in [1.29, 1.82) is 0 Å². The van der Waals surface area contributed by atoms with Gasteiger partial charge in [0, 0.05) is 12.1 Å². The van der Waals surface area contributed by atoms with Gasteiger partial charge in [-0.3, -0.25) is 14.2 Å². The number of amides is 1. The molecule has 0 spiro atoms. The van der Waals surface area contributed by atoms with Gasteiger partial charge >= 0.3 is 0 Å². The second kappa shape index (κ2) is 11.1. The largest absolute Gasteiger partial charge is 0.329 e. The molecule has 1 heterocycles. The van der Waals surface area contributed by atoms with Gasteiger partial charge in [-0.05, 0) is 55.7 Å². The van der Waals surface area contributed by atoms with E-state index in [1.165, 1.54) is 0 Å². The van der Waals surface area contributed by atoms with Gasteiger partial charge in [0.1, 0.15) is 5.82 Å². The van der Waals surface area contributed by atoms with Crippen LogP contribution in [0.3, 0.4) is 0 Å². The Morgan fingerprint density at radius 3 is 2.34 bits per heavy atom. The zero-order valence-corrected chi connectivity index (χ0v) is 20.8. The van der Waals surface area contributed by atoms with Crippen LogP contribution in [0.4, 0.5) is 0 Å². The number of aromatic nitrogens is 2. The normalized spacial score (nSPS) is 12.0. The molecule has 180 valence electrons. The molecule has 0 aliphatic rings. The van der Waals surface area contributed by atoms with E-state index in [2.05, 4.69) is 13.8 Å². The van der Waals surface area contributed by atoms with E-state index in [1.807, 2.05) is 90.7 Å². The van der Waals surface area contributed by atoms with Gasteiger partial charge in [-0.25, -0.2) is 4.98 Å². The molecule has 1 aromatic heterocycles. The Morgan fingerprint density at radius 1 is 0.914 bits per heavy atom. The van der Waals surface area contributed by atoms with Crippen molar-refractivity contribution in [1.82, 2.24) is 14.5 Å². The number of hydrogen-bond donors (Lipinski definition) is 0. The highest BCUT2D eigenvalue weighted by atomic mass is 16.2. The molecule has 5 nitrogen and oxygen atoms in total. The minimum absolute atomic E-state index is 0.0491. The van der Waals surface area contributed by atoms with Gasteiger partial charge in [-0.2, -0.15) is 0 Å². The first-order chi connectivity index (χ1) is 17.1. The maximum Gasteiger partial charge on any atom is 0.266 e. The molecule has 0 N–H and O–H groups in total. The van der Waals surface area contributed by atoms with Crippen LogP contribution in [0.15, 0.2) is 83.7 Å². The van der Waals surface area contributed by atoms with Crippen LogP contribution in [0.2, 0.25) is 0 Å². The van der Waals surface area contributed by atoms with Crippen LogP contribution in [-0.4, -0.2) is 26.9 Å². The smallest absolute Gasteiger partial charge is 0.266 e. The molecule has 4 rings (SSSR count). The van der Waals surface area contributed by atoms with Crippen molar-refractivity contribution in [3.05, 3.63) is 106 Å². The quantitative estimate of drug-likeness (QED) is 0.270. The highest BCUT2D eigenvalue weighted by molar-refractivity contribution is 5.94. The molecule has 1 amide bonds. The predicted octanol–water partition coefficient (Wildman–Crippen LogP) is 6.34. The van der Waals surface area contributed by atoms with Gasteiger partial charge in [-0.1, -0.05) is 75.2 Å². The second-order valence-electron chi connectivity index (χ2n) is 8.86. The minimum atomic E-state index is -0.401. The summed E-state index contributed by atoms with van der Waals surface area (Å²) in [5, 5.41) is 0.571. The molecule has 3 aromatic carbocycles. The zero-order chi connectivity index (χ0) is 24.8. The summed E-state index contributed by atoms with van der Waals surface area (Å²) in [6.45, 7) is 6.81. The number of hydrogen-bond acceptors (Lipinski definition) is 3. The maximum absolute atomic E-state index is 13.9. The lowest BCUT2D eigenvalue weighted by molar-refractivity contribution is 0.0677. The predicted molar refractivity (Wildman–Crippen MR) is 142 cm³/mol. The lowest BCUT2D eigenvalue weighted by Gasteiger charge is -2.31. The number of aryl methyl sites for hydroxylation is 1. The molecule has 0 fully saturated rings. The third-order valence-electron chi connectivity index (χ3n) is 6.54. The highest BCUT2D eigenvalue weighted by Gasteiger charge is 2.27. The summed E-state index contributed by atoms with van der Waals surface area (Å²) in [5.74, 6) is 0.530. The van der Waals surface area contributed by atoms with Gasteiger partial charge in [0.2, 0.25) is 0 Å². The summed E-state index contributed by atoms with van der Waals surface area (Å²) in [5.41, 5.74) is 3.05. The fourth-order valence-corrected chi connectivity index (χ4v) is 4.58. The van der Waals surface area contributed by atoms with Crippen molar-refractivity contribution < 1.29 is 4.79 Å². The van der Waals surface area contributed by atoms with Crippen molar-refractivity contribution in [3.8, 4) is 5.69 Å². The van der Waals surface area contributed by atoms with E-state index in [0.717, 1.165) is 36.9 Å². The number of fused-ring (bicyclic) bond motifs is 1. The number of nitrogens with zero attached hydrogens (tertiary/aromatic N) is 3. The molecule has 35 heavy (non-hydrogen) atoms. The van der Waals surface area contributed by atoms with E-state index in [-0.39, 0.29) is 11.5 Å². The van der Waals surface area contributed by atoms with Crippen molar-refractivity contribution in [2.75, 3.05) is 6.54 Å². The van der Waals surface area contributed by atoms with Gasteiger partial charge in [0.15, 0.2) is 0 Å². The first-order valence-corrected chi connectivity index (χ1v) is 12.5. The molecule has 0 radical (unpaired) electrons. The van der Waals surface area contributed by atoms with Crippen LogP contribution < -0.4 is 5.56 Å². The van der Waals surface area contributed by atoms with Crippen LogP contribution in [0.1, 0.15) is 67.8 Å². The number of para-hydroxylation sites is 2. The van der Waals surface area contributed by atoms with Crippen molar-refractivity contribution in [2.24, 2.45) is 0 Å². The molecule has 0 aliphatic heterocycles. The average molecular weight is 468 g/mol. The van der Waals surface area contributed by atoms with Gasteiger partial charge in [0.05, 0.1) is 22.6 Å². The third-order valence-corrected chi connectivity index (χ3v) is 6.54. The molecular formula is C30H33N3O2.